The van der Waals surface area contributed by atoms with Crippen LogP contribution in [0.1, 0.15) is 79.6 Å². The second-order valence-electron chi connectivity index (χ2n) is 9.89. The second-order valence-corrected chi connectivity index (χ2v) is 9.89. The molecule has 7 heteroatoms. The van der Waals surface area contributed by atoms with Crippen molar-refractivity contribution in [3.05, 3.63) is 53.6 Å². The van der Waals surface area contributed by atoms with Crippen LogP contribution in [0.5, 0.6) is 5.75 Å². The Hall–Kier alpha value is -3.35. The molecule has 0 radical (unpaired) electrons. The van der Waals surface area contributed by atoms with Gasteiger partial charge in [0.25, 0.3) is 5.91 Å². The number of anilines is 2. The van der Waals surface area contributed by atoms with Crippen molar-refractivity contribution in [3.63, 3.8) is 0 Å². The van der Waals surface area contributed by atoms with Gasteiger partial charge in [-0.05, 0) is 73.4 Å². The van der Waals surface area contributed by atoms with Gasteiger partial charge < -0.3 is 15.4 Å². The summed E-state index contributed by atoms with van der Waals surface area (Å²) in [7, 11) is 0. The molecule has 2 amide bonds. The van der Waals surface area contributed by atoms with Gasteiger partial charge in [0.05, 0.1) is 13.2 Å². The predicted molar refractivity (Wildman–Crippen MR) is 137 cm³/mol. The summed E-state index contributed by atoms with van der Waals surface area (Å²) in [6, 6.07) is 13.7. The van der Waals surface area contributed by atoms with Gasteiger partial charge in [0, 0.05) is 23.0 Å². The molecule has 2 saturated carbocycles. The van der Waals surface area contributed by atoms with Crippen LogP contribution in [-0.4, -0.2) is 30.9 Å². The lowest BCUT2D eigenvalue weighted by molar-refractivity contribution is -0.117. The normalized spacial score (nSPS) is 19.3. The van der Waals surface area contributed by atoms with Gasteiger partial charge in [0.15, 0.2) is 0 Å². The van der Waals surface area contributed by atoms with Crippen molar-refractivity contribution in [2.24, 2.45) is 10.9 Å². The number of carbonyl (C=O) groups excluding carboxylic acids is 2. The van der Waals surface area contributed by atoms with E-state index >= 15 is 0 Å². The number of hydrogen-bond donors (Lipinski definition) is 3. The van der Waals surface area contributed by atoms with Gasteiger partial charge in [-0.25, -0.2) is 0 Å². The van der Waals surface area contributed by atoms with Crippen LogP contribution in [0.15, 0.2) is 47.5 Å². The molecule has 7 nitrogen and oxygen atoms in total. The number of rotatable bonds is 9. The fourth-order valence-electron chi connectivity index (χ4n) is 5.02. The SMILES string of the molecule is O=C1CN/C(=N\C(=O)c2ccc(Nc3cccc(OCCCC4CCCCC4)c3)c(C3CC3)c2)N1. The summed E-state index contributed by atoms with van der Waals surface area (Å²) in [5, 5.41) is 8.85. The molecule has 5 rings (SSSR count). The zero-order valence-electron chi connectivity index (χ0n) is 20.1. The predicted octanol–water partition coefficient (Wildman–Crippen LogP) is 5.26. The van der Waals surface area contributed by atoms with Crippen LogP contribution < -0.4 is 20.7 Å². The van der Waals surface area contributed by atoms with Gasteiger partial charge in [-0.1, -0.05) is 38.2 Å². The number of benzene rings is 2. The highest BCUT2D eigenvalue weighted by Gasteiger charge is 2.27. The Bertz CT molecular complexity index is 1100. The number of guanidine groups is 1. The highest BCUT2D eigenvalue weighted by atomic mass is 16.5. The average Bonchev–Trinajstić information content (AvgIpc) is 3.64. The molecule has 3 aliphatic rings. The minimum absolute atomic E-state index is 0.144. The summed E-state index contributed by atoms with van der Waals surface area (Å²) in [5.41, 5.74) is 3.61. The molecule has 3 fully saturated rings. The summed E-state index contributed by atoms with van der Waals surface area (Å²) in [6.07, 6.45) is 11.5. The highest BCUT2D eigenvalue weighted by molar-refractivity contribution is 6.10. The van der Waals surface area contributed by atoms with Crippen molar-refractivity contribution in [3.8, 4) is 5.75 Å². The maximum Gasteiger partial charge on any atom is 0.280 e. The Kier molecular flexibility index (Phi) is 7.31. The lowest BCUT2D eigenvalue weighted by Gasteiger charge is -2.21. The fraction of sp³-hybridized carbons (Fsp3) is 0.464. The molecule has 0 aromatic heterocycles. The maximum absolute atomic E-state index is 12.6. The van der Waals surface area contributed by atoms with Crippen LogP contribution in [0, 0.1) is 5.92 Å². The van der Waals surface area contributed by atoms with Crippen molar-refractivity contribution < 1.29 is 14.3 Å². The third-order valence-corrected chi connectivity index (χ3v) is 7.07. The molecule has 1 aliphatic heterocycles. The van der Waals surface area contributed by atoms with Crippen LogP contribution in [0.25, 0.3) is 0 Å². The van der Waals surface area contributed by atoms with Crippen LogP contribution in [0.2, 0.25) is 0 Å². The molecule has 1 saturated heterocycles. The van der Waals surface area contributed by atoms with E-state index < -0.39 is 0 Å². The van der Waals surface area contributed by atoms with Crippen molar-refractivity contribution in [2.75, 3.05) is 18.5 Å². The van der Waals surface area contributed by atoms with E-state index in [1.807, 2.05) is 36.4 Å². The lowest BCUT2D eigenvalue weighted by Crippen LogP contribution is -2.26. The molecule has 1 heterocycles. The van der Waals surface area contributed by atoms with Crippen LogP contribution in [0.3, 0.4) is 0 Å². The number of carbonyl (C=O) groups is 2. The van der Waals surface area contributed by atoms with E-state index in [1.54, 1.807) is 6.07 Å². The fourth-order valence-corrected chi connectivity index (χ4v) is 5.02. The molecule has 2 aromatic carbocycles. The molecular weight excluding hydrogens is 440 g/mol. The summed E-state index contributed by atoms with van der Waals surface area (Å²) < 4.78 is 6.05. The van der Waals surface area contributed by atoms with E-state index in [9.17, 15) is 9.59 Å². The lowest BCUT2D eigenvalue weighted by atomic mass is 9.86. The van der Waals surface area contributed by atoms with Crippen molar-refractivity contribution in [2.45, 2.75) is 63.7 Å². The third kappa shape index (κ3) is 6.41. The van der Waals surface area contributed by atoms with Gasteiger partial charge >= 0.3 is 0 Å². The van der Waals surface area contributed by atoms with Gasteiger partial charge in [-0.2, -0.15) is 4.99 Å². The first-order chi connectivity index (χ1) is 17.1. The Morgan fingerprint density at radius 2 is 1.91 bits per heavy atom. The highest BCUT2D eigenvalue weighted by Crippen LogP contribution is 2.44. The number of hydrogen-bond acceptors (Lipinski definition) is 4. The third-order valence-electron chi connectivity index (χ3n) is 7.07. The Morgan fingerprint density at radius 1 is 1.06 bits per heavy atom. The summed E-state index contributed by atoms with van der Waals surface area (Å²) in [5.74, 6) is 1.86. The van der Waals surface area contributed by atoms with E-state index in [4.69, 9.17) is 4.74 Å². The van der Waals surface area contributed by atoms with Crippen molar-refractivity contribution >= 4 is 29.1 Å². The number of nitrogens with zero attached hydrogens (tertiary/aromatic N) is 1. The molecule has 3 N–H and O–H groups in total. The van der Waals surface area contributed by atoms with Gasteiger partial charge in [-0.3, -0.25) is 14.9 Å². The van der Waals surface area contributed by atoms with E-state index in [2.05, 4.69) is 20.9 Å². The van der Waals surface area contributed by atoms with E-state index in [0.29, 0.717) is 11.5 Å². The average molecular weight is 475 g/mol. The monoisotopic (exact) mass is 474 g/mol. The molecule has 0 bridgehead atoms. The zero-order chi connectivity index (χ0) is 24.0. The van der Waals surface area contributed by atoms with Gasteiger partial charge in [-0.15, -0.1) is 0 Å². The maximum atomic E-state index is 12.6. The molecular formula is C28H34N4O3. The minimum Gasteiger partial charge on any atom is -0.494 e. The number of amides is 2. The quantitative estimate of drug-likeness (QED) is 0.431. The standard InChI is InChI=1S/C28H34N4O3/c33-26-18-29-28(31-26)32-27(34)21-13-14-25(24(16-21)20-11-12-20)30-22-9-4-10-23(17-22)35-15-5-8-19-6-2-1-3-7-19/h4,9-10,13-14,16-17,19-20,30H,1-3,5-8,11-12,15,18H2,(H2,29,31,32,33,34). The number of nitrogens with one attached hydrogen (secondary N) is 3. The molecule has 2 aliphatic carbocycles. The Balaban J connectivity index is 1.21. The summed E-state index contributed by atoms with van der Waals surface area (Å²) in [6.45, 7) is 0.896. The van der Waals surface area contributed by atoms with Crippen molar-refractivity contribution in [1.29, 1.82) is 0 Å². The van der Waals surface area contributed by atoms with Gasteiger partial charge in [0.1, 0.15) is 5.75 Å². The summed E-state index contributed by atoms with van der Waals surface area (Å²) >= 11 is 0. The number of ether oxygens (including phenoxy) is 1. The Labute approximate surface area is 206 Å². The van der Waals surface area contributed by atoms with Crippen LogP contribution in [0.4, 0.5) is 11.4 Å². The van der Waals surface area contributed by atoms with Crippen LogP contribution >= 0.6 is 0 Å². The summed E-state index contributed by atoms with van der Waals surface area (Å²) in [4.78, 5) is 28.0. The van der Waals surface area contributed by atoms with E-state index in [1.165, 1.54) is 38.5 Å². The first-order valence-corrected chi connectivity index (χ1v) is 12.9. The minimum atomic E-state index is -0.369. The molecule has 0 atom stereocenters. The zero-order valence-corrected chi connectivity index (χ0v) is 20.1. The van der Waals surface area contributed by atoms with Crippen LogP contribution in [-0.2, 0) is 4.79 Å². The first kappa shape index (κ1) is 23.4. The molecule has 2 aromatic rings. The van der Waals surface area contributed by atoms with Gasteiger partial charge in [0.2, 0.25) is 11.9 Å². The number of aliphatic imine (C=N–C) groups is 1. The molecule has 184 valence electrons. The van der Waals surface area contributed by atoms with Crippen molar-refractivity contribution in [1.82, 2.24) is 10.6 Å². The second kappa shape index (κ2) is 10.9. The largest absolute Gasteiger partial charge is 0.494 e. The smallest absolute Gasteiger partial charge is 0.280 e. The Morgan fingerprint density at radius 3 is 2.69 bits per heavy atom. The first-order valence-electron chi connectivity index (χ1n) is 12.9. The van der Waals surface area contributed by atoms with E-state index in [-0.39, 0.29) is 24.3 Å². The molecule has 0 unspecified atom stereocenters. The topological polar surface area (TPSA) is 91.8 Å². The van der Waals surface area contributed by atoms with E-state index in [0.717, 1.165) is 54.5 Å². The molecule has 35 heavy (non-hydrogen) atoms. The molecule has 0 spiro atoms.